The average Bonchev–Trinajstić information content (AvgIpc) is 1.49. The lowest BCUT2D eigenvalue weighted by atomic mass is 9.84. The Labute approximate surface area is 881 Å². The van der Waals surface area contributed by atoms with Gasteiger partial charge in [0.05, 0.1) is 0 Å². The molecule has 0 nitrogen and oxygen atoms in total. The molecule has 0 saturated carbocycles. The van der Waals surface area contributed by atoms with Crippen molar-refractivity contribution in [3.63, 3.8) is 0 Å². The summed E-state index contributed by atoms with van der Waals surface area (Å²) in [4.78, 5) is 0. The highest BCUT2D eigenvalue weighted by Crippen LogP contribution is 2.67. The van der Waals surface area contributed by atoms with Crippen LogP contribution in [0, 0.1) is 0 Å². The summed E-state index contributed by atoms with van der Waals surface area (Å²) in [6.45, 7) is 60.9. The van der Waals surface area contributed by atoms with Crippen molar-refractivity contribution in [2.45, 2.75) is 246 Å². The van der Waals surface area contributed by atoms with Crippen LogP contribution < -0.4 is 10.4 Å². The van der Waals surface area contributed by atoms with E-state index in [0.717, 1.165) is 12.8 Å². The number of rotatable bonds is 18. The normalized spacial score (nSPS) is 13.7. The van der Waals surface area contributed by atoms with Gasteiger partial charge in [-0.25, -0.2) is 0 Å². The summed E-state index contributed by atoms with van der Waals surface area (Å²) in [6.07, 6.45) is 1.50. The Morgan fingerprint density at radius 3 is 0.401 bits per heavy atom. The summed E-state index contributed by atoms with van der Waals surface area (Å²) in [7, 11) is -4.16. The zero-order valence-corrected chi connectivity index (χ0v) is 93.0. The molecule has 0 N–H and O–H groups in total. The van der Waals surface area contributed by atoms with Crippen LogP contribution in [-0.4, -0.2) is 8.07 Å². The Hall–Kier alpha value is -13.8. The maximum Gasteiger partial charge on any atom is 0.147 e. The third kappa shape index (κ3) is 18.7. The Kier molecular flexibility index (Phi) is 25.7. The minimum atomic E-state index is -4.16. The van der Waals surface area contributed by atoms with Crippen LogP contribution in [-0.2, 0) is 53.4 Å². The second kappa shape index (κ2) is 37.5. The van der Waals surface area contributed by atoms with E-state index in [4.69, 9.17) is 0 Å². The van der Waals surface area contributed by atoms with E-state index >= 15 is 0 Å². The zero-order valence-electron chi connectivity index (χ0n) is 92.0. The Morgan fingerprint density at radius 1 is 0.143 bits per heavy atom. The second-order valence-electron chi connectivity index (χ2n) is 50.9. The molecule has 0 saturated heterocycles. The van der Waals surface area contributed by atoms with Crippen molar-refractivity contribution in [1.82, 2.24) is 0 Å². The van der Waals surface area contributed by atoms with Crippen LogP contribution in [0.15, 0.2) is 400 Å². The standard InChI is InChI=1S/C146H148Si/c1-27-145(133-91-103(115-83-107(95-39-59-119(60-40-95)137(3,4)5)79-108(84-115)96-41-61-120(62-42-96)138(6,7)8)55-75-129(133)130-76-56-104(92-134(130)145)116-85-109(97-43-63-121(64-44-97)139(9,10)11)80-110(86-116)98-45-65-122(66-46-98)140(12,13)14)147(127-35-31-29-32-36-127,128-37-33-30-34-38-128)146(28-2)135-93-105(117-87-111(99-47-67-123(68-48-99)141(15,16)17)81-112(88-117)100-49-69-124(70-50-100)142(18,19)20)57-77-131(135)132-78-58-106(94-136(132)146)118-89-113(101-51-71-125(72-52-101)143(21,22)23)82-114(90-118)102-53-73-126(74-54-102)144(24,25)26/h29-94H,27-28H2,1-26H3. The molecule has 0 amide bonds. The molecule has 0 radical (unpaired) electrons. The molecule has 0 unspecified atom stereocenters. The van der Waals surface area contributed by atoms with E-state index in [1.54, 1.807) is 0 Å². The van der Waals surface area contributed by atoms with Crippen molar-refractivity contribution in [2.24, 2.45) is 0 Å². The predicted octanol–water partition coefficient (Wildman–Crippen LogP) is 39.5. The lowest BCUT2D eigenvalue weighted by Gasteiger charge is -2.59. The Morgan fingerprint density at radius 2 is 0.272 bits per heavy atom. The van der Waals surface area contributed by atoms with Gasteiger partial charge in [-0.3, -0.25) is 0 Å². The van der Waals surface area contributed by atoms with Crippen LogP contribution in [0.4, 0.5) is 0 Å². The number of hydrogen-bond acceptors (Lipinski definition) is 0. The number of hydrogen-bond donors (Lipinski definition) is 0. The first-order valence-corrected chi connectivity index (χ1v) is 55.9. The van der Waals surface area contributed by atoms with E-state index < -0.39 is 18.2 Å². The summed E-state index contributed by atoms with van der Waals surface area (Å²) in [6, 6.07) is 161. The summed E-state index contributed by atoms with van der Waals surface area (Å²) in [5.41, 5.74) is 49.5. The lowest BCUT2D eigenvalue weighted by molar-refractivity contribution is 0.590. The summed E-state index contributed by atoms with van der Waals surface area (Å²) in [5.74, 6) is 0. The smallest absolute Gasteiger partial charge is 0.0645 e. The van der Waals surface area contributed by atoms with E-state index in [0.29, 0.717) is 0 Å². The third-order valence-electron chi connectivity index (χ3n) is 33.0. The largest absolute Gasteiger partial charge is 0.147 e. The third-order valence-corrected chi connectivity index (χ3v) is 39.7. The molecule has 147 heavy (non-hydrogen) atoms. The van der Waals surface area contributed by atoms with Crippen LogP contribution in [0.1, 0.15) is 260 Å². The molecule has 0 bridgehead atoms. The maximum absolute atomic E-state index is 4.16. The van der Waals surface area contributed by atoms with Gasteiger partial charge in [0.2, 0.25) is 0 Å². The lowest BCUT2D eigenvalue weighted by Crippen LogP contribution is -2.81. The summed E-state index contributed by atoms with van der Waals surface area (Å²) < 4.78 is 0. The van der Waals surface area contributed by atoms with Crippen molar-refractivity contribution in [3.8, 4) is 156 Å². The quantitative estimate of drug-likeness (QED) is 0.0751. The molecule has 0 aromatic heterocycles. The van der Waals surface area contributed by atoms with Crippen LogP contribution >= 0.6 is 0 Å². The van der Waals surface area contributed by atoms with E-state index in [9.17, 15) is 0 Å². The number of fused-ring (bicyclic) bond motifs is 6. The fourth-order valence-corrected chi connectivity index (χ4v) is 32.3. The van der Waals surface area contributed by atoms with E-state index in [1.807, 2.05) is 0 Å². The highest BCUT2D eigenvalue weighted by Gasteiger charge is 2.71. The van der Waals surface area contributed by atoms with Gasteiger partial charge < -0.3 is 0 Å². The Balaban J connectivity index is 0.926. The summed E-state index contributed by atoms with van der Waals surface area (Å²) >= 11 is 0. The molecule has 1 heteroatoms. The first-order valence-electron chi connectivity index (χ1n) is 53.9. The van der Waals surface area contributed by atoms with Gasteiger partial charge >= 0.3 is 0 Å². The summed E-state index contributed by atoms with van der Waals surface area (Å²) in [5, 5.41) is 1.14. The van der Waals surface area contributed by atoms with Crippen molar-refractivity contribution < 1.29 is 0 Å². The fourth-order valence-electron chi connectivity index (χ4n) is 24.3. The topological polar surface area (TPSA) is 0 Å². The van der Waals surface area contributed by atoms with Gasteiger partial charge in [0, 0.05) is 10.1 Å². The molecule has 0 atom stereocenters. The van der Waals surface area contributed by atoms with E-state index in [-0.39, 0.29) is 43.3 Å². The monoisotopic (exact) mass is 1930 g/mol. The molecule has 2 aliphatic carbocycles. The number of benzene rings is 18. The molecule has 20 rings (SSSR count). The van der Waals surface area contributed by atoms with Crippen molar-refractivity contribution in [3.05, 3.63) is 467 Å². The highest BCUT2D eigenvalue weighted by molar-refractivity contribution is 7.07. The minimum absolute atomic E-state index is 0.0214. The molecule has 2 aliphatic rings. The van der Waals surface area contributed by atoms with E-state index in [2.05, 4.69) is 580 Å². The molecular weight excluding hydrogens is 1780 g/mol. The van der Waals surface area contributed by atoms with Gasteiger partial charge in [-0.2, -0.15) is 0 Å². The van der Waals surface area contributed by atoms with Gasteiger partial charge in [-0.05, 0) is 376 Å². The first-order chi connectivity index (χ1) is 69.7. The Bertz CT molecular complexity index is 6750. The first kappa shape index (κ1) is 100. The predicted molar refractivity (Wildman–Crippen MR) is 639 cm³/mol. The van der Waals surface area contributed by atoms with Gasteiger partial charge in [-0.15, -0.1) is 0 Å². The van der Waals surface area contributed by atoms with Gasteiger partial charge in [-0.1, -0.05) is 494 Å². The molecule has 0 spiro atoms. The molecule has 0 heterocycles. The zero-order chi connectivity index (χ0) is 104. The van der Waals surface area contributed by atoms with Crippen LogP contribution in [0.3, 0.4) is 0 Å². The van der Waals surface area contributed by atoms with Crippen LogP contribution in [0.5, 0.6) is 0 Å². The SMILES string of the molecule is CCC1([Si](c2ccccc2)(c2ccccc2)C2(CC)c3cc(-c4cc(-c5ccc(C(C)(C)C)cc5)cc(-c5ccc(C(C)(C)C)cc5)c4)ccc3-c3ccc(-c4cc(-c5ccc(C(C)(C)C)cc5)cc(-c5ccc(C(C)(C)C)cc5)c4)cc32)c2cc(-c3cc(-c4ccc(C(C)(C)C)cc4)cc(-c4ccc(C(C)(C)C)cc4)c3)ccc2-c2ccc(-c3cc(-c4ccc(C(C)(C)C)cc4)cc(-c4ccc(C(C)(C)C)cc4)c3)cc21. The fraction of sp³-hybridized carbons (Fsp3) is 0.260. The highest BCUT2D eigenvalue weighted by atomic mass is 28.3. The van der Waals surface area contributed by atoms with Crippen molar-refractivity contribution in [1.29, 1.82) is 0 Å². The average molecular weight is 1930 g/mol. The maximum atomic E-state index is 2.75. The molecule has 18 aromatic rings. The minimum Gasteiger partial charge on any atom is -0.0645 e. The van der Waals surface area contributed by atoms with Crippen LogP contribution in [0.25, 0.3) is 156 Å². The van der Waals surface area contributed by atoms with E-state index in [1.165, 1.54) is 233 Å². The second-order valence-corrected chi connectivity index (χ2v) is 55.2. The van der Waals surface area contributed by atoms with Crippen molar-refractivity contribution >= 4 is 18.4 Å². The molecule has 18 aromatic carbocycles. The van der Waals surface area contributed by atoms with Crippen molar-refractivity contribution in [2.75, 3.05) is 0 Å². The molecule has 736 valence electrons. The van der Waals surface area contributed by atoms with Crippen LogP contribution in [0.2, 0.25) is 0 Å². The molecule has 0 fully saturated rings. The van der Waals surface area contributed by atoms with Gasteiger partial charge in [0.1, 0.15) is 8.07 Å². The molecular formula is C146H148Si. The van der Waals surface area contributed by atoms with Gasteiger partial charge in [0.25, 0.3) is 0 Å². The molecule has 0 aliphatic heterocycles. The van der Waals surface area contributed by atoms with Gasteiger partial charge in [0.15, 0.2) is 0 Å².